The summed E-state index contributed by atoms with van der Waals surface area (Å²) < 4.78 is 5.22. The number of pyridine rings is 1. The zero-order valence-electron chi connectivity index (χ0n) is 10.8. The molecule has 0 unspecified atom stereocenters. The summed E-state index contributed by atoms with van der Waals surface area (Å²) in [6.45, 7) is 1.73. The Balaban J connectivity index is 1.96. The van der Waals surface area contributed by atoms with Gasteiger partial charge in [-0.1, -0.05) is 18.2 Å². The van der Waals surface area contributed by atoms with Crippen LogP contribution < -0.4 is 4.74 Å². The standard InChI is InChI=1S/C15H18N2O/c1-17(12-14-7-3-4-9-16-14)11-13-6-5-8-15(10-13)18-2/h3-10H,11-12H2,1-2H3. The van der Waals surface area contributed by atoms with Crippen molar-refractivity contribution in [1.29, 1.82) is 0 Å². The second kappa shape index (κ2) is 6.17. The second-order valence-corrected chi connectivity index (χ2v) is 4.34. The molecule has 0 amide bonds. The van der Waals surface area contributed by atoms with Crippen LogP contribution in [0.25, 0.3) is 0 Å². The minimum absolute atomic E-state index is 0.845. The van der Waals surface area contributed by atoms with Crippen LogP contribution >= 0.6 is 0 Å². The molecule has 0 aliphatic heterocycles. The Morgan fingerprint density at radius 2 is 2.00 bits per heavy atom. The third-order valence-corrected chi connectivity index (χ3v) is 2.74. The molecule has 0 fully saturated rings. The molecule has 94 valence electrons. The van der Waals surface area contributed by atoms with Gasteiger partial charge in [0.25, 0.3) is 0 Å². The van der Waals surface area contributed by atoms with Crippen LogP contribution in [0.2, 0.25) is 0 Å². The molecule has 0 radical (unpaired) electrons. The van der Waals surface area contributed by atoms with Gasteiger partial charge in [-0.05, 0) is 36.9 Å². The number of hydrogen-bond acceptors (Lipinski definition) is 3. The fraction of sp³-hybridized carbons (Fsp3) is 0.267. The highest BCUT2D eigenvalue weighted by atomic mass is 16.5. The van der Waals surface area contributed by atoms with E-state index in [-0.39, 0.29) is 0 Å². The van der Waals surface area contributed by atoms with Gasteiger partial charge in [0, 0.05) is 19.3 Å². The maximum Gasteiger partial charge on any atom is 0.119 e. The summed E-state index contributed by atoms with van der Waals surface area (Å²) >= 11 is 0. The molecular formula is C15H18N2O. The Bertz CT molecular complexity index is 485. The largest absolute Gasteiger partial charge is 0.497 e. The van der Waals surface area contributed by atoms with Crippen LogP contribution in [0.1, 0.15) is 11.3 Å². The highest BCUT2D eigenvalue weighted by Gasteiger charge is 2.03. The van der Waals surface area contributed by atoms with Gasteiger partial charge in [-0.3, -0.25) is 9.88 Å². The molecule has 0 bridgehead atoms. The molecule has 0 saturated heterocycles. The molecule has 3 heteroatoms. The van der Waals surface area contributed by atoms with Gasteiger partial charge >= 0.3 is 0 Å². The van der Waals surface area contributed by atoms with E-state index < -0.39 is 0 Å². The van der Waals surface area contributed by atoms with Crippen LogP contribution in [0.15, 0.2) is 48.7 Å². The van der Waals surface area contributed by atoms with Crippen molar-refractivity contribution in [2.75, 3.05) is 14.2 Å². The monoisotopic (exact) mass is 242 g/mol. The molecule has 0 spiro atoms. The van der Waals surface area contributed by atoms with Crippen LogP contribution in [0.5, 0.6) is 5.75 Å². The molecule has 18 heavy (non-hydrogen) atoms. The lowest BCUT2D eigenvalue weighted by atomic mass is 10.2. The molecule has 1 heterocycles. The summed E-state index contributed by atoms with van der Waals surface area (Å²) in [5, 5.41) is 0. The van der Waals surface area contributed by atoms with Crippen molar-refractivity contribution in [2.45, 2.75) is 13.1 Å². The number of methoxy groups -OCH3 is 1. The Labute approximate surface area is 108 Å². The van der Waals surface area contributed by atoms with Crippen LogP contribution in [-0.2, 0) is 13.1 Å². The maximum absolute atomic E-state index is 5.22. The average Bonchev–Trinajstić information content (AvgIpc) is 2.40. The van der Waals surface area contributed by atoms with Gasteiger partial charge in [0.2, 0.25) is 0 Å². The van der Waals surface area contributed by atoms with Crippen molar-refractivity contribution >= 4 is 0 Å². The first kappa shape index (κ1) is 12.6. The Kier molecular flexibility index (Phi) is 4.31. The summed E-state index contributed by atoms with van der Waals surface area (Å²) in [5.41, 5.74) is 2.33. The summed E-state index contributed by atoms with van der Waals surface area (Å²) in [5.74, 6) is 0.902. The SMILES string of the molecule is COc1cccc(CN(C)Cc2ccccn2)c1. The molecule has 2 aromatic rings. The van der Waals surface area contributed by atoms with E-state index in [1.807, 2.05) is 36.5 Å². The zero-order chi connectivity index (χ0) is 12.8. The van der Waals surface area contributed by atoms with E-state index in [0.29, 0.717) is 0 Å². The second-order valence-electron chi connectivity index (χ2n) is 4.34. The number of hydrogen-bond donors (Lipinski definition) is 0. The number of aromatic nitrogens is 1. The van der Waals surface area contributed by atoms with Crippen molar-refractivity contribution in [2.24, 2.45) is 0 Å². The van der Waals surface area contributed by atoms with E-state index in [1.165, 1.54) is 5.56 Å². The molecule has 0 aliphatic carbocycles. The summed E-state index contributed by atoms with van der Waals surface area (Å²) in [7, 11) is 3.78. The van der Waals surface area contributed by atoms with E-state index >= 15 is 0 Å². The quantitative estimate of drug-likeness (QED) is 0.806. The Morgan fingerprint density at radius 1 is 1.11 bits per heavy atom. The molecule has 0 saturated carbocycles. The van der Waals surface area contributed by atoms with Crippen molar-refractivity contribution in [1.82, 2.24) is 9.88 Å². The minimum atomic E-state index is 0.845. The van der Waals surface area contributed by atoms with Crippen LogP contribution in [0.4, 0.5) is 0 Å². The van der Waals surface area contributed by atoms with Gasteiger partial charge in [0.05, 0.1) is 12.8 Å². The third-order valence-electron chi connectivity index (χ3n) is 2.74. The van der Waals surface area contributed by atoms with Crippen LogP contribution in [0, 0.1) is 0 Å². The van der Waals surface area contributed by atoms with E-state index in [1.54, 1.807) is 7.11 Å². The summed E-state index contributed by atoms with van der Waals surface area (Å²) in [6.07, 6.45) is 1.83. The maximum atomic E-state index is 5.22. The first-order valence-corrected chi connectivity index (χ1v) is 5.99. The molecule has 0 aliphatic rings. The highest BCUT2D eigenvalue weighted by molar-refractivity contribution is 5.28. The fourth-order valence-electron chi connectivity index (χ4n) is 1.91. The zero-order valence-corrected chi connectivity index (χ0v) is 10.8. The van der Waals surface area contributed by atoms with Crippen molar-refractivity contribution < 1.29 is 4.74 Å². The lowest BCUT2D eigenvalue weighted by Gasteiger charge is -2.16. The smallest absolute Gasteiger partial charge is 0.119 e. The van der Waals surface area contributed by atoms with Crippen LogP contribution in [0.3, 0.4) is 0 Å². The lowest BCUT2D eigenvalue weighted by molar-refractivity contribution is 0.314. The molecule has 1 aromatic carbocycles. The third kappa shape index (κ3) is 3.57. The van der Waals surface area contributed by atoms with Crippen molar-refractivity contribution in [3.8, 4) is 5.75 Å². The topological polar surface area (TPSA) is 25.4 Å². The van der Waals surface area contributed by atoms with Gasteiger partial charge in [0.15, 0.2) is 0 Å². The molecule has 2 rings (SSSR count). The molecule has 0 atom stereocenters. The first-order chi connectivity index (χ1) is 8.78. The summed E-state index contributed by atoms with van der Waals surface area (Å²) in [4.78, 5) is 6.56. The lowest BCUT2D eigenvalue weighted by Crippen LogP contribution is -2.17. The molecule has 3 nitrogen and oxygen atoms in total. The average molecular weight is 242 g/mol. The molecule has 1 aromatic heterocycles. The summed E-state index contributed by atoms with van der Waals surface area (Å²) in [6, 6.07) is 14.1. The van der Waals surface area contributed by atoms with Gasteiger partial charge < -0.3 is 4.74 Å². The predicted octanol–water partition coefficient (Wildman–Crippen LogP) is 2.72. The Morgan fingerprint density at radius 3 is 2.72 bits per heavy atom. The number of rotatable bonds is 5. The molecular weight excluding hydrogens is 224 g/mol. The molecule has 0 N–H and O–H groups in total. The number of benzene rings is 1. The van der Waals surface area contributed by atoms with E-state index in [0.717, 1.165) is 24.5 Å². The van der Waals surface area contributed by atoms with Gasteiger partial charge in [0.1, 0.15) is 5.75 Å². The van der Waals surface area contributed by atoms with E-state index in [4.69, 9.17) is 4.74 Å². The normalized spacial score (nSPS) is 10.6. The highest BCUT2D eigenvalue weighted by Crippen LogP contribution is 2.14. The van der Waals surface area contributed by atoms with E-state index in [2.05, 4.69) is 29.1 Å². The first-order valence-electron chi connectivity index (χ1n) is 5.99. The van der Waals surface area contributed by atoms with Gasteiger partial charge in [-0.25, -0.2) is 0 Å². The van der Waals surface area contributed by atoms with Crippen LogP contribution in [-0.4, -0.2) is 24.0 Å². The predicted molar refractivity (Wildman–Crippen MR) is 72.4 cm³/mol. The Hall–Kier alpha value is -1.87. The van der Waals surface area contributed by atoms with Crippen molar-refractivity contribution in [3.05, 3.63) is 59.9 Å². The number of nitrogens with zero attached hydrogens (tertiary/aromatic N) is 2. The van der Waals surface area contributed by atoms with E-state index in [9.17, 15) is 0 Å². The van der Waals surface area contributed by atoms with Crippen molar-refractivity contribution in [3.63, 3.8) is 0 Å². The van der Waals surface area contributed by atoms with Gasteiger partial charge in [-0.15, -0.1) is 0 Å². The fourth-order valence-corrected chi connectivity index (χ4v) is 1.91. The van der Waals surface area contributed by atoms with Gasteiger partial charge in [-0.2, -0.15) is 0 Å². The minimum Gasteiger partial charge on any atom is -0.497 e. The number of ether oxygens (including phenoxy) is 1.